The first kappa shape index (κ1) is 20.1. The van der Waals surface area contributed by atoms with Crippen LogP contribution in [-0.2, 0) is 17.8 Å². The predicted octanol–water partition coefficient (Wildman–Crippen LogP) is 5.78. The second-order valence-corrected chi connectivity index (χ2v) is 7.50. The van der Waals surface area contributed by atoms with Gasteiger partial charge in [-0.05, 0) is 48.4 Å². The van der Waals surface area contributed by atoms with Gasteiger partial charge in [-0.2, -0.15) is 0 Å². The molecule has 0 bridgehead atoms. The van der Waals surface area contributed by atoms with Crippen molar-refractivity contribution in [2.45, 2.75) is 20.0 Å². The maximum atomic E-state index is 12.5. The summed E-state index contributed by atoms with van der Waals surface area (Å²) < 4.78 is 10.9. The van der Waals surface area contributed by atoms with Crippen molar-refractivity contribution in [1.29, 1.82) is 0 Å². The lowest BCUT2D eigenvalue weighted by Gasteiger charge is -2.09. The molecule has 0 aliphatic heterocycles. The molecule has 3 rings (SSSR count). The van der Waals surface area contributed by atoms with Crippen molar-refractivity contribution >= 4 is 23.2 Å². The van der Waals surface area contributed by atoms with Gasteiger partial charge in [0.25, 0.3) is 0 Å². The number of hydrogen-bond donors (Lipinski definition) is 0. The third kappa shape index (κ3) is 5.41. The van der Waals surface area contributed by atoms with E-state index in [0.717, 1.165) is 28.2 Å². The van der Waals surface area contributed by atoms with Crippen molar-refractivity contribution in [2.24, 2.45) is 0 Å². The highest BCUT2D eigenvalue weighted by Crippen LogP contribution is 2.23. The summed E-state index contributed by atoms with van der Waals surface area (Å²) in [5.41, 5.74) is 3.17. The first-order chi connectivity index (χ1) is 13.7. The van der Waals surface area contributed by atoms with Gasteiger partial charge in [-0.15, -0.1) is 11.3 Å². The predicted molar refractivity (Wildman–Crippen MR) is 115 cm³/mol. The van der Waals surface area contributed by atoms with Gasteiger partial charge in [0.1, 0.15) is 5.75 Å². The SMILES string of the molecule is CCOCc1cc(/C=C/C(=O)c2ccc(Cc3ccccc3)s2)ccc1OC. The Bertz CT molecular complexity index is 941. The summed E-state index contributed by atoms with van der Waals surface area (Å²) in [7, 11) is 1.65. The van der Waals surface area contributed by atoms with Crippen LogP contribution in [0.2, 0.25) is 0 Å². The fourth-order valence-electron chi connectivity index (χ4n) is 2.88. The van der Waals surface area contributed by atoms with Crippen molar-refractivity contribution in [3.63, 3.8) is 0 Å². The Labute approximate surface area is 170 Å². The lowest BCUT2D eigenvalue weighted by molar-refractivity contribution is 0.105. The number of thiophene rings is 1. The molecule has 0 atom stereocenters. The van der Waals surface area contributed by atoms with E-state index >= 15 is 0 Å². The molecular formula is C24H24O3S. The van der Waals surface area contributed by atoms with E-state index in [-0.39, 0.29) is 5.78 Å². The van der Waals surface area contributed by atoms with Crippen LogP contribution in [0.15, 0.2) is 66.7 Å². The highest BCUT2D eigenvalue weighted by Gasteiger charge is 2.08. The first-order valence-electron chi connectivity index (χ1n) is 9.29. The van der Waals surface area contributed by atoms with Crippen LogP contribution in [0.4, 0.5) is 0 Å². The van der Waals surface area contributed by atoms with E-state index in [4.69, 9.17) is 9.47 Å². The van der Waals surface area contributed by atoms with Crippen LogP contribution in [-0.4, -0.2) is 19.5 Å². The Hall–Kier alpha value is -2.69. The van der Waals surface area contributed by atoms with Crippen molar-refractivity contribution in [3.05, 3.63) is 93.2 Å². The number of benzene rings is 2. The Balaban J connectivity index is 1.68. The Kier molecular flexibility index (Phi) is 7.18. The highest BCUT2D eigenvalue weighted by atomic mass is 32.1. The fourth-order valence-corrected chi connectivity index (χ4v) is 3.85. The summed E-state index contributed by atoms with van der Waals surface area (Å²) in [6.45, 7) is 3.09. The molecule has 3 aromatic rings. The van der Waals surface area contributed by atoms with E-state index in [1.165, 1.54) is 10.4 Å². The van der Waals surface area contributed by atoms with Crippen molar-refractivity contribution < 1.29 is 14.3 Å². The molecule has 0 aliphatic rings. The summed E-state index contributed by atoms with van der Waals surface area (Å²) >= 11 is 1.55. The molecule has 2 aromatic carbocycles. The second kappa shape index (κ2) is 10.0. The Morgan fingerprint density at radius 3 is 2.64 bits per heavy atom. The number of allylic oxidation sites excluding steroid dienone is 1. The molecule has 0 saturated carbocycles. The molecule has 0 amide bonds. The average Bonchev–Trinajstić information content (AvgIpc) is 3.19. The summed E-state index contributed by atoms with van der Waals surface area (Å²) in [6.07, 6.45) is 4.32. The normalized spacial score (nSPS) is 11.1. The van der Waals surface area contributed by atoms with Crippen molar-refractivity contribution in [3.8, 4) is 5.75 Å². The number of carbonyl (C=O) groups excluding carboxylic acids is 1. The first-order valence-corrected chi connectivity index (χ1v) is 10.1. The molecule has 0 radical (unpaired) electrons. The van der Waals surface area contributed by atoms with Crippen LogP contribution < -0.4 is 4.74 Å². The maximum Gasteiger partial charge on any atom is 0.195 e. The zero-order chi connectivity index (χ0) is 19.8. The van der Waals surface area contributed by atoms with Gasteiger partial charge in [0.2, 0.25) is 0 Å². The van der Waals surface area contributed by atoms with Crippen molar-refractivity contribution in [2.75, 3.05) is 13.7 Å². The third-order valence-corrected chi connectivity index (χ3v) is 5.42. The summed E-state index contributed by atoms with van der Waals surface area (Å²) in [4.78, 5) is 14.5. The minimum Gasteiger partial charge on any atom is -0.496 e. The van der Waals surface area contributed by atoms with Gasteiger partial charge >= 0.3 is 0 Å². The van der Waals surface area contributed by atoms with Crippen LogP contribution in [0, 0.1) is 0 Å². The highest BCUT2D eigenvalue weighted by molar-refractivity contribution is 7.14. The minimum atomic E-state index is 0.0199. The van der Waals surface area contributed by atoms with Gasteiger partial charge in [0.15, 0.2) is 5.78 Å². The topological polar surface area (TPSA) is 35.5 Å². The molecular weight excluding hydrogens is 368 g/mol. The van der Waals surface area contributed by atoms with E-state index in [1.807, 2.05) is 61.5 Å². The van der Waals surface area contributed by atoms with Gasteiger partial charge in [-0.25, -0.2) is 0 Å². The largest absolute Gasteiger partial charge is 0.496 e. The maximum absolute atomic E-state index is 12.5. The molecule has 0 fully saturated rings. The van der Waals surface area contributed by atoms with E-state index in [9.17, 15) is 4.79 Å². The fraction of sp³-hybridized carbons (Fsp3) is 0.208. The van der Waals surface area contributed by atoms with Crippen molar-refractivity contribution in [1.82, 2.24) is 0 Å². The second-order valence-electron chi connectivity index (χ2n) is 6.33. The molecule has 3 nitrogen and oxygen atoms in total. The van der Waals surface area contributed by atoms with E-state index < -0.39 is 0 Å². The molecule has 0 unspecified atom stereocenters. The molecule has 28 heavy (non-hydrogen) atoms. The van der Waals surface area contributed by atoms with Gasteiger partial charge in [0, 0.05) is 23.5 Å². The number of ketones is 1. The summed E-state index contributed by atoms with van der Waals surface area (Å²) in [5.74, 6) is 0.812. The number of hydrogen-bond acceptors (Lipinski definition) is 4. The zero-order valence-corrected chi connectivity index (χ0v) is 17.0. The van der Waals surface area contributed by atoms with Gasteiger partial charge in [-0.1, -0.05) is 42.5 Å². The van der Waals surface area contributed by atoms with Crippen LogP contribution >= 0.6 is 11.3 Å². The monoisotopic (exact) mass is 392 g/mol. The summed E-state index contributed by atoms with van der Waals surface area (Å²) in [6, 6.07) is 20.1. The minimum absolute atomic E-state index is 0.0199. The molecule has 1 heterocycles. The molecule has 144 valence electrons. The molecule has 0 spiro atoms. The lowest BCUT2D eigenvalue weighted by Crippen LogP contribution is -1.97. The van der Waals surface area contributed by atoms with Crippen LogP contribution in [0.1, 0.15) is 38.2 Å². The number of rotatable bonds is 9. The molecule has 0 saturated heterocycles. The average molecular weight is 393 g/mol. The molecule has 0 N–H and O–H groups in total. The number of methoxy groups -OCH3 is 1. The number of ether oxygens (including phenoxy) is 2. The quantitative estimate of drug-likeness (QED) is 0.342. The van der Waals surface area contributed by atoms with Crippen LogP contribution in [0.25, 0.3) is 6.08 Å². The van der Waals surface area contributed by atoms with E-state index in [0.29, 0.717) is 13.2 Å². The van der Waals surface area contributed by atoms with Crippen LogP contribution in [0.3, 0.4) is 0 Å². The van der Waals surface area contributed by atoms with E-state index in [1.54, 1.807) is 24.5 Å². The van der Waals surface area contributed by atoms with Crippen LogP contribution in [0.5, 0.6) is 5.75 Å². The standard InChI is InChI=1S/C24H24O3S/c1-3-27-17-20-15-19(10-13-23(20)26-2)9-12-22(25)24-14-11-21(28-24)16-18-7-5-4-6-8-18/h4-15H,3,16-17H2,1-2H3/b12-9+. The lowest BCUT2D eigenvalue weighted by atomic mass is 10.1. The molecule has 1 aromatic heterocycles. The zero-order valence-electron chi connectivity index (χ0n) is 16.2. The van der Waals surface area contributed by atoms with Gasteiger partial charge in [0.05, 0.1) is 18.6 Å². The molecule has 0 aliphatic carbocycles. The molecule has 4 heteroatoms. The Morgan fingerprint density at radius 1 is 1.07 bits per heavy atom. The van der Waals surface area contributed by atoms with Gasteiger partial charge < -0.3 is 9.47 Å². The van der Waals surface area contributed by atoms with Gasteiger partial charge in [-0.3, -0.25) is 4.79 Å². The Morgan fingerprint density at radius 2 is 1.89 bits per heavy atom. The third-order valence-electron chi connectivity index (χ3n) is 4.32. The van der Waals surface area contributed by atoms with E-state index in [2.05, 4.69) is 12.1 Å². The summed E-state index contributed by atoms with van der Waals surface area (Å²) in [5, 5.41) is 0. The number of carbonyl (C=O) groups is 1. The smallest absolute Gasteiger partial charge is 0.195 e.